The molecule has 0 unspecified atom stereocenters. The number of aromatic nitrogens is 3. The Hall–Kier alpha value is -1.38. The first-order valence-electron chi connectivity index (χ1n) is 4.38. The quantitative estimate of drug-likeness (QED) is 0.641. The van der Waals surface area contributed by atoms with Gasteiger partial charge in [0.15, 0.2) is 5.65 Å². The SMILES string of the molecule is C.CC(C)(C)c1ccnc2ccnn12. The number of fused-ring (bicyclic) bond motifs is 1. The molecule has 0 atom stereocenters. The van der Waals surface area contributed by atoms with Crippen molar-refractivity contribution in [1.29, 1.82) is 0 Å². The van der Waals surface area contributed by atoms with Gasteiger partial charge in [0.1, 0.15) is 0 Å². The summed E-state index contributed by atoms with van der Waals surface area (Å²) in [6.45, 7) is 6.51. The molecular formula is C11H17N3. The fraction of sp³-hybridized carbons (Fsp3) is 0.455. The van der Waals surface area contributed by atoms with Crippen molar-refractivity contribution in [3.05, 3.63) is 30.2 Å². The average Bonchev–Trinajstić information content (AvgIpc) is 2.48. The third-order valence-corrected chi connectivity index (χ3v) is 2.06. The summed E-state index contributed by atoms with van der Waals surface area (Å²) in [5, 5.41) is 4.24. The normalized spacial score (nSPS) is 11.4. The van der Waals surface area contributed by atoms with Crippen molar-refractivity contribution in [2.75, 3.05) is 0 Å². The number of nitrogens with zero attached hydrogens (tertiary/aromatic N) is 3. The highest BCUT2D eigenvalue weighted by atomic mass is 15.2. The summed E-state index contributed by atoms with van der Waals surface area (Å²) in [7, 11) is 0. The fourth-order valence-corrected chi connectivity index (χ4v) is 1.40. The lowest BCUT2D eigenvalue weighted by atomic mass is 9.92. The monoisotopic (exact) mass is 191 g/mol. The molecule has 2 aromatic rings. The second kappa shape index (κ2) is 3.40. The lowest BCUT2D eigenvalue weighted by Gasteiger charge is -2.19. The van der Waals surface area contributed by atoms with E-state index in [9.17, 15) is 0 Å². The van der Waals surface area contributed by atoms with E-state index in [0.717, 1.165) is 5.65 Å². The van der Waals surface area contributed by atoms with Crippen LogP contribution in [-0.2, 0) is 5.41 Å². The first kappa shape index (κ1) is 10.7. The number of rotatable bonds is 0. The average molecular weight is 191 g/mol. The molecule has 14 heavy (non-hydrogen) atoms. The van der Waals surface area contributed by atoms with Gasteiger partial charge in [0.25, 0.3) is 0 Å². The summed E-state index contributed by atoms with van der Waals surface area (Å²) in [5.74, 6) is 0. The van der Waals surface area contributed by atoms with Crippen LogP contribution in [0.4, 0.5) is 0 Å². The largest absolute Gasteiger partial charge is 0.237 e. The molecule has 3 heteroatoms. The Balaban J connectivity index is 0.000000980. The van der Waals surface area contributed by atoms with E-state index in [-0.39, 0.29) is 12.8 Å². The maximum atomic E-state index is 4.24. The van der Waals surface area contributed by atoms with Crippen molar-refractivity contribution in [3.8, 4) is 0 Å². The van der Waals surface area contributed by atoms with Crippen molar-refractivity contribution in [1.82, 2.24) is 14.6 Å². The molecule has 0 aliphatic rings. The van der Waals surface area contributed by atoms with Gasteiger partial charge in [0.05, 0.1) is 11.9 Å². The molecule has 2 aromatic heterocycles. The van der Waals surface area contributed by atoms with Crippen LogP contribution in [-0.4, -0.2) is 14.6 Å². The van der Waals surface area contributed by atoms with Gasteiger partial charge < -0.3 is 0 Å². The Kier molecular flexibility index (Phi) is 2.60. The topological polar surface area (TPSA) is 30.2 Å². The number of hydrogen-bond donors (Lipinski definition) is 0. The minimum Gasteiger partial charge on any atom is -0.237 e. The number of hydrogen-bond acceptors (Lipinski definition) is 2. The van der Waals surface area contributed by atoms with Crippen molar-refractivity contribution < 1.29 is 0 Å². The molecule has 0 radical (unpaired) electrons. The van der Waals surface area contributed by atoms with Crippen LogP contribution in [0.15, 0.2) is 24.5 Å². The molecule has 0 fully saturated rings. The first-order chi connectivity index (χ1) is 6.09. The van der Waals surface area contributed by atoms with E-state index in [4.69, 9.17) is 0 Å². The molecule has 0 aliphatic carbocycles. The molecule has 0 aliphatic heterocycles. The van der Waals surface area contributed by atoms with Crippen molar-refractivity contribution in [2.45, 2.75) is 33.6 Å². The van der Waals surface area contributed by atoms with Gasteiger partial charge >= 0.3 is 0 Å². The molecule has 0 saturated heterocycles. The van der Waals surface area contributed by atoms with Gasteiger partial charge in [-0.1, -0.05) is 28.2 Å². The molecule has 2 rings (SSSR count). The summed E-state index contributed by atoms with van der Waals surface area (Å²) in [6, 6.07) is 3.93. The summed E-state index contributed by atoms with van der Waals surface area (Å²) in [4.78, 5) is 4.22. The van der Waals surface area contributed by atoms with Crippen molar-refractivity contribution >= 4 is 5.65 Å². The molecule has 3 nitrogen and oxygen atoms in total. The van der Waals surface area contributed by atoms with E-state index in [1.807, 2.05) is 22.8 Å². The van der Waals surface area contributed by atoms with Crippen molar-refractivity contribution in [3.63, 3.8) is 0 Å². The summed E-state index contributed by atoms with van der Waals surface area (Å²) >= 11 is 0. The zero-order chi connectivity index (χ0) is 9.47. The Morgan fingerprint density at radius 1 is 1.14 bits per heavy atom. The van der Waals surface area contributed by atoms with E-state index in [1.165, 1.54) is 5.69 Å². The summed E-state index contributed by atoms with van der Waals surface area (Å²) in [5.41, 5.74) is 2.20. The predicted octanol–water partition coefficient (Wildman–Crippen LogP) is 2.66. The minimum absolute atomic E-state index is 0. The maximum Gasteiger partial charge on any atom is 0.155 e. The molecule has 0 amide bonds. The van der Waals surface area contributed by atoms with Gasteiger partial charge in [0.2, 0.25) is 0 Å². The molecule has 0 aromatic carbocycles. The third kappa shape index (κ3) is 1.62. The zero-order valence-corrected chi connectivity index (χ0v) is 8.15. The molecule has 0 bridgehead atoms. The van der Waals surface area contributed by atoms with E-state index in [1.54, 1.807) is 6.20 Å². The Bertz CT molecular complexity index is 423. The lowest BCUT2D eigenvalue weighted by Crippen LogP contribution is -2.17. The highest BCUT2D eigenvalue weighted by Gasteiger charge is 2.17. The van der Waals surface area contributed by atoms with Crippen LogP contribution < -0.4 is 0 Å². The van der Waals surface area contributed by atoms with Crippen LogP contribution in [0.1, 0.15) is 33.9 Å². The van der Waals surface area contributed by atoms with Crippen LogP contribution >= 0.6 is 0 Å². The molecule has 0 N–H and O–H groups in total. The van der Waals surface area contributed by atoms with E-state index < -0.39 is 0 Å². The predicted molar refractivity (Wildman–Crippen MR) is 58.4 cm³/mol. The summed E-state index contributed by atoms with van der Waals surface area (Å²) < 4.78 is 1.89. The zero-order valence-electron chi connectivity index (χ0n) is 8.15. The highest BCUT2D eigenvalue weighted by Crippen LogP contribution is 2.21. The second-order valence-corrected chi connectivity index (χ2v) is 4.18. The van der Waals surface area contributed by atoms with E-state index in [2.05, 4.69) is 30.9 Å². The van der Waals surface area contributed by atoms with E-state index >= 15 is 0 Å². The molecule has 76 valence electrons. The Morgan fingerprint density at radius 2 is 1.86 bits per heavy atom. The van der Waals surface area contributed by atoms with Crippen LogP contribution in [0, 0.1) is 0 Å². The van der Waals surface area contributed by atoms with E-state index in [0.29, 0.717) is 0 Å². The first-order valence-corrected chi connectivity index (χ1v) is 4.38. The second-order valence-electron chi connectivity index (χ2n) is 4.18. The molecule has 0 saturated carbocycles. The van der Waals surface area contributed by atoms with Crippen LogP contribution in [0.2, 0.25) is 0 Å². The van der Waals surface area contributed by atoms with Crippen LogP contribution in [0.3, 0.4) is 0 Å². The molecule has 2 heterocycles. The van der Waals surface area contributed by atoms with Gasteiger partial charge in [-0.25, -0.2) is 9.50 Å². The van der Waals surface area contributed by atoms with Gasteiger partial charge in [-0.3, -0.25) is 0 Å². The van der Waals surface area contributed by atoms with Crippen molar-refractivity contribution in [2.24, 2.45) is 0 Å². The molecular weight excluding hydrogens is 174 g/mol. The van der Waals surface area contributed by atoms with Gasteiger partial charge in [-0.2, -0.15) is 5.10 Å². The third-order valence-electron chi connectivity index (χ3n) is 2.06. The van der Waals surface area contributed by atoms with Crippen LogP contribution in [0.25, 0.3) is 5.65 Å². The van der Waals surface area contributed by atoms with Gasteiger partial charge in [-0.05, 0) is 6.07 Å². The Morgan fingerprint density at radius 3 is 2.50 bits per heavy atom. The van der Waals surface area contributed by atoms with Gasteiger partial charge in [0, 0.05) is 17.7 Å². The van der Waals surface area contributed by atoms with Gasteiger partial charge in [-0.15, -0.1) is 0 Å². The standard InChI is InChI=1S/C10H13N3.CH4/c1-10(2,3)8-4-6-11-9-5-7-12-13(8)9;/h4-7H,1-3H3;1H4. The van der Waals surface area contributed by atoms with Crippen LogP contribution in [0.5, 0.6) is 0 Å². The Labute approximate surface area is 84.8 Å². The fourth-order valence-electron chi connectivity index (χ4n) is 1.40. The minimum atomic E-state index is 0. The smallest absolute Gasteiger partial charge is 0.155 e. The lowest BCUT2D eigenvalue weighted by molar-refractivity contribution is 0.546. The highest BCUT2D eigenvalue weighted by molar-refractivity contribution is 5.38. The summed E-state index contributed by atoms with van der Waals surface area (Å²) in [6.07, 6.45) is 3.61. The molecule has 0 spiro atoms. The maximum absolute atomic E-state index is 4.24.